The molecule has 5 nitrogen and oxygen atoms in total. The number of hydrogen-bond acceptors (Lipinski definition) is 4. The highest BCUT2D eigenvalue weighted by atomic mass is 16.4. The molecule has 0 bridgehead atoms. The largest absolute Gasteiger partial charge is 0.477 e. The van der Waals surface area contributed by atoms with Gasteiger partial charge in [0.2, 0.25) is 5.95 Å². The van der Waals surface area contributed by atoms with Crippen molar-refractivity contribution in [2.45, 2.75) is 19.3 Å². The number of terminal acetylenes is 1. The quantitative estimate of drug-likeness (QED) is 0.558. The summed E-state index contributed by atoms with van der Waals surface area (Å²) in [5.74, 6) is 1.83. The standard InChI is InChI=1S/C11H13N3O2/c1-2-3-4-5-7-12-11-13-8-6-9(14-11)10(15)16/h1,6,8H,3-5,7H2,(H,15,16)(H,12,13,14). The molecule has 1 aromatic heterocycles. The molecule has 1 heterocycles. The zero-order valence-electron chi connectivity index (χ0n) is 8.81. The fourth-order valence-electron chi connectivity index (χ4n) is 1.12. The lowest BCUT2D eigenvalue weighted by Crippen LogP contribution is -2.08. The molecule has 0 unspecified atom stereocenters. The Bertz CT molecular complexity index is 398. The average molecular weight is 219 g/mol. The number of carboxylic acid groups (broad SMARTS) is 1. The van der Waals surface area contributed by atoms with Crippen LogP contribution < -0.4 is 5.32 Å². The van der Waals surface area contributed by atoms with Crippen LogP contribution in [-0.2, 0) is 0 Å². The van der Waals surface area contributed by atoms with E-state index in [1.165, 1.54) is 12.3 Å². The molecule has 5 heteroatoms. The Hall–Kier alpha value is -2.09. The lowest BCUT2D eigenvalue weighted by atomic mass is 10.2. The van der Waals surface area contributed by atoms with E-state index in [0.29, 0.717) is 12.5 Å². The number of nitrogens with zero attached hydrogens (tertiary/aromatic N) is 2. The molecule has 84 valence electrons. The lowest BCUT2D eigenvalue weighted by molar-refractivity contribution is 0.0690. The average Bonchev–Trinajstić information content (AvgIpc) is 2.29. The Morgan fingerprint density at radius 2 is 2.38 bits per heavy atom. The van der Waals surface area contributed by atoms with Crippen molar-refractivity contribution in [2.24, 2.45) is 0 Å². The fraction of sp³-hybridized carbons (Fsp3) is 0.364. The Balaban J connectivity index is 2.39. The predicted octanol–water partition coefficient (Wildman–Crippen LogP) is 1.39. The number of carbonyl (C=O) groups is 1. The molecule has 0 atom stereocenters. The second-order valence-electron chi connectivity index (χ2n) is 3.16. The van der Waals surface area contributed by atoms with Gasteiger partial charge in [-0.1, -0.05) is 0 Å². The maximum atomic E-state index is 10.6. The van der Waals surface area contributed by atoms with Gasteiger partial charge in [-0.05, 0) is 18.9 Å². The van der Waals surface area contributed by atoms with E-state index >= 15 is 0 Å². The molecule has 0 radical (unpaired) electrons. The van der Waals surface area contributed by atoms with Crippen molar-refractivity contribution in [2.75, 3.05) is 11.9 Å². The summed E-state index contributed by atoms with van der Waals surface area (Å²) in [5.41, 5.74) is -0.0128. The summed E-state index contributed by atoms with van der Waals surface area (Å²) < 4.78 is 0. The molecule has 1 rings (SSSR count). The number of aromatic nitrogens is 2. The van der Waals surface area contributed by atoms with E-state index in [4.69, 9.17) is 11.5 Å². The van der Waals surface area contributed by atoms with Crippen LogP contribution in [0.15, 0.2) is 12.3 Å². The van der Waals surface area contributed by atoms with E-state index in [9.17, 15) is 4.79 Å². The SMILES string of the molecule is C#CCCCCNc1nccc(C(=O)O)n1. The summed E-state index contributed by atoms with van der Waals surface area (Å²) in [6.45, 7) is 0.685. The van der Waals surface area contributed by atoms with Crippen LogP contribution in [0.4, 0.5) is 5.95 Å². The van der Waals surface area contributed by atoms with E-state index in [-0.39, 0.29) is 5.69 Å². The Morgan fingerprint density at radius 1 is 1.56 bits per heavy atom. The predicted molar refractivity (Wildman–Crippen MR) is 60.2 cm³/mol. The van der Waals surface area contributed by atoms with Crippen LogP contribution in [0.25, 0.3) is 0 Å². The number of anilines is 1. The number of carboxylic acids is 1. The van der Waals surface area contributed by atoms with Crippen LogP contribution in [0.1, 0.15) is 29.8 Å². The van der Waals surface area contributed by atoms with Crippen LogP contribution in [0.2, 0.25) is 0 Å². The number of aromatic carboxylic acids is 1. The van der Waals surface area contributed by atoms with Gasteiger partial charge in [0.1, 0.15) is 0 Å². The van der Waals surface area contributed by atoms with Gasteiger partial charge in [0.25, 0.3) is 0 Å². The summed E-state index contributed by atoms with van der Waals surface area (Å²) >= 11 is 0. The number of nitrogens with one attached hydrogen (secondary N) is 1. The first-order valence-corrected chi connectivity index (χ1v) is 4.97. The highest BCUT2D eigenvalue weighted by Gasteiger charge is 2.05. The zero-order valence-corrected chi connectivity index (χ0v) is 8.81. The molecular formula is C11H13N3O2. The number of unbranched alkanes of at least 4 members (excludes halogenated alkanes) is 2. The van der Waals surface area contributed by atoms with Gasteiger partial charge >= 0.3 is 5.97 Å². The van der Waals surface area contributed by atoms with Crippen LogP contribution in [-0.4, -0.2) is 27.6 Å². The Kier molecular flexibility index (Phi) is 4.80. The summed E-state index contributed by atoms with van der Waals surface area (Å²) in [4.78, 5) is 18.4. The Labute approximate surface area is 93.9 Å². The van der Waals surface area contributed by atoms with Crippen molar-refractivity contribution in [1.82, 2.24) is 9.97 Å². The third-order valence-corrected chi connectivity index (χ3v) is 1.91. The molecule has 16 heavy (non-hydrogen) atoms. The van der Waals surface area contributed by atoms with E-state index in [0.717, 1.165) is 19.3 Å². The van der Waals surface area contributed by atoms with Gasteiger partial charge in [0.05, 0.1) is 0 Å². The van der Waals surface area contributed by atoms with Gasteiger partial charge < -0.3 is 10.4 Å². The first kappa shape index (κ1) is 12.0. The van der Waals surface area contributed by atoms with Gasteiger partial charge in [0, 0.05) is 19.2 Å². The maximum Gasteiger partial charge on any atom is 0.354 e. The van der Waals surface area contributed by atoms with Gasteiger partial charge in [-0.25, -0.2) is 14.8 Å². The molecule has 0 amide bonds. The normalized spacial score (nSPS) is 9.44. The maximum absolute atomic E-state index is 10.6. The van der Waals surface area contributed by atoms with E-state index in [2.05, 4.69) is 21.2 Å². The summed E-state index contributed by atoms with van der Waals surface area (Å²) in [6.07, 6.45) is 9.12. The van der Waals surface area contributed by atoms with Crippen molar-refractivity contribution in [1.29, 1.82) is 0 Å². The topological polar surface area (TPSA) is 75.1 Å². The lowest BCUT2D eigenvalue weighted by Gasteiger charge is -2.03. The van der Waals surface area contributed by atoms with E-state index < -0.39 is 5.97 Å². The van der Waals surface area contributed by atoms with Crippen molar-refractivity contribution in [3.8, 4) is 12.3 Å². The second kappa shape index (κ2) is 6.40. The van der Waals surface area contributed by atoms with Crippen LogP contribution in [0, 0.1) is 12.3 Å². The van der Waals surface area contributed by atoms with Crippen LogP contribution >= 0.6 is 0 Å². The number of rotatable bonds is 6. The first-order valence-electron chi connectivity index (χ1n) is 4.97. The third-order valence-electron chi connectivity index (χ3n) is 1.91. The highest BCUT2D eigenvalue weighted by Crippen LogP contribution is 2.01. The van der Waals surface area contributed by atoms with Gasteiger partial charge in [-0.3, -0.25) is 0 Å². The van der Waals surface area contributed by atoms with Crippen LogP contribution in [0.5, 0.6) is 0 Å². The Morgan fingerprint density at radius 3 is 3.06 bits per heavy atom. The zero-order chi connectivity index (χ0) is 11.8. The monoisotopic (exact) mass is 219 g/mol. The molecule has 0 spiro atoms. The number of hydrogen-bond donors (Lipinski definition) is 2. The first-order chi connectivity index (χ1) is 7.74. The highest BCUT2D eigenvalue weighted by molar-refractivity contribution is 5.85. The molecule has 0 aromatic carbocycles. The second-order valence-corrected chi connectivity index (χ2v) is 3.16. The van der Waals surface area contributed by atoms with Crippen molar-refractivity contribution in [3.63, 3.8) is 0 Å². The van der Waals surface area contributed by atoms with Crippen molar-refractivity contribution >= 4 is 11.9 Å². The van der Waals surface area contributed by atoms with Gasteiger partial charge in [-0.2, -0.15) is 0 Å². The van der Waals surface area contributed by atoms with Crippen LogP contribution in [0.3, 0.4) is 0 Å². The summed E-state index contributed by atoms with van der Waals surface area (Å²) in [6, 6.07) is 1.35. The summed E-state index contributed by atoms with van der Waals surface area (Å²) in [5, 5.41) is 11.7. The molecular weight excluding hydrogens is 206 g/mol. The minimum Gasteiger partial charge on any atom is -0.477 e. The smallest absolute Gasteiger partial charge is 0.354 e. The van der Waals surface area contributed by atoms with Crippen molar-refractivity contribution in [3.05, 3.63) is 18.0 Å². The van der Waals surface area contributed by atoms with Gasteiger partial charge in [0.15, 0.2) is 5.69 Å². The fourth-order valence-corrected chi connectivity index (χ4v) is 1.12. The molecule has 0 fully saturated rings. The van der Waals surface area contributed by atoms with E-state index in [1.807, 2.05) is 0 Å². The minimum absolute atomic E-state index is 0.0128. The molecule has 2 N–H and O–H groups in total. The molecule has 0 aliphatic heterocycles. The summed E-state index contributed by atoms with van der Waals surface area (Å²) in [7, 11) is 0. The molecule has 0 aliphatic carbocycles. The van der Waals surface area contributed by atoms with Gasteiger partial charge in [-0.15, -0.1) is 12.3 Å². The molecule has 0 saturated carbocycles. The third kappa shape index (κ3) is 3.96. The minimum atomic E-state index is -1.06. The van der Waals surface area contributed by atoms with E-state index in [1.54, 1.807) is 0 Å². The molecule has 1 aromatic rings. The molecule has 0 aliphatic rings. The van der Waals surface area contributed by atoms with Crippen molar-refractivity contribution < 1.29 is 9.90 Å². The molecule has 0 saturated heterocycles.